The van der Waals surface area contributed by atoms with E-state index in [0.717, 1.165) is 35.7 Å². The topological polar surface area (TPSA) is 59.1 Å². The SMILES string of the molecule is CCCNc1ncnc(NC(COCC)C(C)C)c1Br. The van der Waals surface area contributed by atoms with Crippen molar-refractivity contribution in [2.75, 3.05) is 30.4 Å². The van der Waals surface area contributed by atoms with Gasteiger partial charge in [-0.05, 0) is 35.2 Å². The molecule has 0 amide bonds. The van der Waals surface area contributed by atoms with Gasteiger partial charge in [0.15, 0.2) is 0 Å². The zero-order valence-electron chi connectivity index (χ0n) is 12.7. The summed E-state index contributed by atoms with van der Waals surface area (Å²) in [4.78, 5) is 8.56. The van der Waals surface area contributed by atoms with Crippen LogP contribution in [0.1, 0.15) is 34.1 Å². The number of anilines is 2. The summed E-state index contributed by atoms with van der Waals surface area (Å²) in [7, 11) is 0. The summed E-state index contributed by atoms with van der Waals surface area (Å²) in [5.74, 6) is 2.08. The number of halogens is 1. The van der Waals surface area contributed by atoms with Gasteiger partial charge in [-0.25, -0.2) is 9.97 Å². The van der Waals surface area contributed by atoms with E-state index in [9.17, 15) is 0 Å². The molecule has 0 aliphatic carbocycles. The average molecular weight is 345 g/mol. The van der Waals surface area contributed by atoms with Crippen molar-refractivity contribution in [1.29, 1.82) is 0 Å². The molecule has 0 spiro atoms. The molecule has 0 saturated carbocycles. The van der Waals surface area contributed by atoms with Crippen LogP contribution in [0.4, 0.5) is 11.6 Å². The zero-order valence-corrected chi connectivity index (χ0v) is 14.3. The van der Waals surface area contributed by atoms with Crippen molar-refractivity contribution in [3.05, 3.63) is 10.8 Å². The minimum absolute atomic E-state index is 0.222. The second-order valence-electron chi connectivity index (χ2n) is 4.97. The van der Waals surface area contributed by atoms with Crippen LogP contribution in [-0.2, 0) is 4.74 Å². The van der Waals surface area contributed by atoms with Crippen molar-refractivity contribution >= 4 is 27.6 Å². The summed E-state index contributed by atoms with van der Waals surface area (Å²) in [6.45, 7) is 10.7. The average Bonchev–Trinajstić information content (AvgIpc) is 2.43. The molecule has 1 unspecified atom stereocenters. The van der Waals surface area contributed by atoms with Gasteiger partial charge in [0.1, 0.15) is 22.4 Å². The molecule has 0 aromatic carbocycles. The van der Waals surface area contributed by atoms with Crippen molar-refractivity contribution in [1.82, 2.24) is 9.97 Å². The Bertz CT molecular complexity index is 401. The molecular formula is C14H25BrN4O. The van der Waals surface area contributed by atoms with E-state index in [-0.39, 0.29) is 6.04 Å². The van der Waals surface area contributed by atoms with Crippen LogP contribution in [0.3, 0.4) is 0 Å². The molecule has 1 atom stereocenters. The summed E-state index contributed by atoms with van der Waals surface area (Å²) in [6, 6.07) is 0.222. The molecule has 1 heterocycles. The smallest absolute Gasteiger partial charge is 0.146 e. The highest BCUT2D eigenvalue weighted by Crippen LogP contribution is 2.27. The van der Waals surface area contributed by atoms with Gasteiger partial charge < -0.3 is 15.4 Å². The van der Waals surface area contributed by atoms with E-state index < -0.39 is 0 Å². The number of aromatic nitrogens is 2. The number of hydrogen-bond donors (Lipinski definition) is 2. The van der Waals surface area contributed by atoms with E-state index in [1.54, 1.807) is 6.33 Å². The van der Waals surface area contributed by atoms with Crippen LogP contribution in [-0.4, -0.2) is 35.8 Å². The van der Waals surface area contributed by atoms with Gasteiger partial charge >= 0.3 is 0 Å². The first-order valence-electron chi connectivity index (χ1n) is 7.18. The third-order valence-electron chi connectivity index (χ3n) is 2.96. The van der Waals surface area contributed by atoms with E-state index in [1.807, 2.05) is 6.92 Å². The van der Waals surface area contributed by atoms with Crippen LogP contribution in [0.5, 0.6) is 0 Å². The lowest BCUT2D eigenvalue weighted by atomic mass is 10.1. The van der Waals surface area contributed by atoms with Crippen molar-refractivity contribution in [3.8, 4) is 0 Å². The number of rotatable bonds is 9. The van der Waals surface area contributed by atoms with E-state index in [0.29, 0.717) is 12.5 Å². The quantitative estimate of drug-likeness (QED) is 0.717. The summed E-state index contributed by atoms with van der Waals surface area (Å²) in [6.07, 6.45) is 2.63. The molecule has 0 saturated heterocycles. The van der Waals surface area contributed by atoms with E-state index in [2.05, 4.69) is 57.3 Å². The summed E-state index contributed by atoms with van der Waals surface area (Å²) in [5, 5.41) is 6.71. The van der Waals surface area contributed by atoms with Gasteiger partial charge in [-0.15, -0.1) is 0 Å². The normalized spacial score (nSPS) is 12.5. The molecule has 1 aromatic heterocycles. The third kappa shape index (κ3) is 5.25. The van der Waals surface area contributed by atoms with Crippen LogP contribution in [0, 0.1) is 5.92 Å². The Morgan fingerprint density at radius 2 is 1.95 bits per heavy atom. The molecule has 0 fully saturated rings. The molecule has 20 heavy (non-hydrogen) atoms. The molecule has 1 rings (SSSR count). The monoisotopic (exact) mass is 344 g/mol. The van der Waals surface area contributed by atoms with Crippen molar-refractivity contribution in [2.45, 2.75) is 40.2 Å². The minimum atomic E-state index is 0.222. The van der Waals surface area contributed by atoms with Gasteiger partial charge in [0.05, 0.1) is 12.6 Å². The Morgan fingerprint density at radius 1 is 1.25 bits per heavy atom. The Morgan fingerprint density at radius 3 is 2.55 bits per heavy atom. The standard InChI is InChI=1S/C14H25BrN4O/c1-5-7-16-13-12(15)14(18-9-17-13)19-11(10(3)4)8-20-6-2/h9-11H,5-8H2,1-4H3,(H2,16,17,18,19). The molecular weight excluding hydrogens is 320 g/mol. The molecule has 6 heteroatoms. The Hall–Kier alpha value is -0.880. The molecule has 0 bridgehead atoms. The van der Waals surface area contributed by atoms with Crippen molar-refractivity contribution in [3.63, 3.8) is 0 Å². The van der Waals surface area contributed by atoms with Gasteiger partial charge in [-0.2, -0.15) is 0 Å². The van der Waals surface area contributed by atoms with Crippen LogP contribution in [0.25, 0.3) is 0 Å². The summed E-state index contributed by atoms with van der Waals surface area (Å²) >= 11 is 3.57. The van der Waals surface area contributed by atoms with Crippen LogP contribution < -0.4 is 10.6 Å². The molecule has 0 radical (unpaired) electrons. The fourth-order valence-corrected chi connectivity index (χ4v) is 2.12. The van der Waals surface area contributed by atoms with Crippen LogP contribution in [0.15, 0.2) is 10.8 Å². The first kappa shape index (κ1) is 17.2. The van der Waals surface area contributed by atoms with E-state index >= 15 is 0 Å². The molecule has 5 nitrogen and oxygen atoms in total. The van der Waals surface area contributed by atoms with Gasteiger partial charge in [0.2, 0.25) is 0 Å². The first-order valence-corrected chi connectivity index (χ1v) is 7.98. The Balaban J connectivity index is 2.78. The highest BCUT2D eigenvalue weighted by Gasteiger charge is 2.17. The maximum Gasteiger partial charge on any atom is 0.146 e. The molecule has 0 aliphatic rings. The molecule has 0 aliphatic heterocycles. The maximum atomic E-state index is 5.53. The molecule has 2 N–H and O–H groups in total. The second kappa shape index (κ2) is 9.13. The minimum Gasteiger partial charge on any atom is -0.380 e. The fraction of sp³-hybridized carbons (Fsp3) is 0.714. The van der Waals surface area contributed by atoms with Gasteiger partial charge in [-0.1, -0.05) is 20.8 Å². The summed E-state index contributed by atoms with van der Waals surface area (Å²) in [5.41, 5.74) is 0. The molecule has 1 aromatic rings. The van der Waals surface area contributed by atoms with Crippen LogP contribution in [0.2, 0.25) is 0 Å². The largest absolute Gasteiger partial charge is 0.380 e. The molecule has 114 valence electrons. The number of hydrogen-bond acceptors (Lipinski definition) is 5. The van der Waals surface area contributed by atoms with Gasteiger partial charge in [0, 0.05) is 13.2 Å². The number of nitrogens with one attached hydrogen (secondary N) is 2. The zero-order chi connectivity index (χ0) is 15.0. The Labute approximate surface area is 130 Å². The summed E-state index contributed by atoms with van der Waals surface area (Å²) < 4.78 is 6.40. The van der Waals surface area contributed by atoms with Gasteiger partial charge in [0.25, 0.3) is 0 Å². The van der Waals surface area contributed by atoms with E-state index in [4.69, 9.17) is 4.74 Å². The Kier molecular flexibility index (Phi) is 7.84. The maximum absolute atomic E-state index is 5.53. The number of ether oxygens (including phenoxy) is 1. The highest BCUT2D eigenvalue weighted by atomic mass is 79.9. The van der Waals surface area contributed by atoms with Gasteiger partial charge in [-0.3, -0.25) is 0 Å². The second-order valence-corrected chi connectivity index (χ2v) is 5.76. The lowest BCUT2D eigenvalue weighted by Gasteiger charge is -2.23. The lowest BCUT2D eigenvalue weighted by molar-refractivity contribution is 0.126. The predicted octanol–water partition coefficient (Wildman–Crippen LogP) is 3.53. The van der Waals surface area contributed by atoms with Crippen LogP contribution >= 0.6 is 15.9 Å². The van der Waals surface area contributed by atoms with Crippen molar-refractivity contribution in [2.24, 2.45) is 5.92 Å². The fourth-order valence-electron chi connectivity index (χ4n) is 1.66. The van der Waals surface area contributed by atoms with E-state index in [1.165, 1.54) is 0 Å². The number of nitrogens with zero attached hydrogens (tertiary/aromatic N) is 2. The first-order chi connectivity index (χ1) is 9.60. The van der Waals surface area contributed by atoms with Crippen molar-refractivity contribution < 1.29 is 4.74 Å². The third-order valence-corrected chi connectivity index (χ3v) is 3.71. The predicted molar refractivity (Wildman–Crippen MR) is 87.3 cm³/mol. The highest BCUT2D eigenvalue weighted by molar-refractivity contribution is 9.10. The lowest BCUT2D eigenvalue weighted by Crippen LogP contribution is -2.31.